The number of Topliss-reactive ketones (excluding diaryl/α,β-unsaturated/α-hetero) is 1. The molecule has 3 aromatic rings. The van der Waals surface area contributed by atoms with Gasteiger partial charge >= 0.3 is 42.2 Å². The SMILES string of the molecule is COC(=O)[C@@H](N)CC(F)(F)CC1CC1.COC(=O)[C@H](CC(=O)CC1CC1)NC(=O)OCc1ccccc1.COC(=O)[C@H](CC(F)(F)CC1CC1)NC(=O)OCc1ccccc1.COC(=O)[C@H](CI)NC(=O)OCc1ccccc1.Cl. The van der Waals surface area contributed by atoms with Crippen molar-refractivity contribution < 1.29 is 89.1 Å². The van der Waals surface area contributed by atoms with E-state index >= 15 is 0 Å². The van der Waals surface area contributed by atoms with Crippen LogP contribution in [0.5, 0.6) is 0 Å². The summed E-state index contributed by atoms with van der Waals surface area (Å²) in [5.41, 5.74) is 7.73. The molecule has 3 aliphatic carbocycles. The maximum atomic E-state index is 14.0. The van der Waals surface area contributed by atoms with Crippen molar-refractivity contribution in [2.75, 3.05) is 32.9 Å². The lowest BCUT2D eigenvalue weighted by Crippen LogP contribution is -2.45. The van der Waals surface area contributed by atoms with Crippen LogP contribution < -0.4 is 21.7 Å². The van der Waals surface area contributed by atoms with Gasteiger partial charge in [0, 0.05) is 43.0 Å². The van der Waals surface area contributed by atoms with Crippen LogP contribution in [0.1, 0.15) is 93.7 Å². The molecule has 3 saturated carbocycles. The molecule has 5 N–H and O–H groups in total. The van der Waals surface area contributed by atoms with Crippen LogP contribution in [0.2, 0.25) is 0 Å². The second-order valence-corrected chi connectivity index (χ2v) is 19.8. The highest BCUT2D eigenvalue weighted by molar-refractivity contribution is 14.1. The van der Waals surface area contributed by atoms with Gasteiger partial charge in [0.2, 0.25) is 0 Å². The second kappa shape index (κ2) is 36.9. The molecule has 6 rings (SSSR count). The number of nitrogens with one attached hydrogen (secondary N) is 3. The zero-order valence-corrected chi connectivity index (χ0v) is 48.0. The minimum absolute atomic E-state index is 0. The monoisotopic (exact) mass is 1270 g/mol. The van der Waals surface area contributed by atoms with E-state index in [0.717, 1.165) is 69.4 Å². The number of esters is 4. The highest BCUT2D eigenvalue weighted by Gasteiger charge is 2.42. The molecular weight excluding hydrogens is 1190 g/mol. The first kappa shape index (κ1) is 69.8. The lowest BCUT2D eigenvalue weighted by atomic mass is 10.0. The Bertz CT molecular complexity index is 2380. The van der Waals surface area contributed by atoms with Gasteiger partial charge in [0.15, 0.2) is 0 Å². The molecule has 0 unspecified atom stereocenters. The van der Waals surface area contributed by atoms with Crippen LogP contribution in [0.15, 0.2) is 91.0 Å². The van der Waals surface area contributed by atoms with Crippen molar-refractivity contribution in [2.45, 2.75) is 133 Å². The normalized spacial score (nSPS) is 14.8. The zero-order valence-electron chi connectivity index (χ0n) is 45.0. The van der Waals surface area contributed by atoms with Crippen LogP contribution in [0, 0.1) is 17.8 Å². The minimum atomic E-state index is -3.03. The van der Waals surface area contributed by atoms with Gasteiger partial charge in [-0.25, -0.2) is 46.3 Å². The number of rotatable bonds is 26. The van der Waals surface area contributed by atoms with Crippen molar-refractivity contribution in [3.05, 3.63) is 108 Å². The molecule has 80 heavy (non-hydrogen) atoms. The van der Waals surface area contributed by atoms with E-state index in [9.17, 15) is 55.9 Å². The molecule has 0 bridgehead atoms. The predicted molar refractivity (Wildman–Crippen MR) is 294 cm³/mol. The van der Waals surface area contributed by atoms with Crippen LogP contribution in [0.4, 0.5) is 31.9 Å². The van der Waals surface area contributed by atoms with Crippen LogP contribution in [0.3, 0.4) is 0 Å². The Morgan fingerprint density at radius 1 is 0.512 bits per heavy atom. The molecule has 0 saturated heterocycles. The molecule has 4 atom stereocenters. The van der Waals surface area contributed by atoms with Crippen LogP contribution in [-0.4, -0.2) is 117 Å². The third-order valence-corrected chi connectivity index (χ3v) is 12.7. The fraction of sp³-hybridized carbons (Fsp3) is 0.527. The Labute approximate surface area is 482 Å². The average molecular weight is 1270 g/mol. The molecule has 3 aromatic carbocycles. The number of alkyl carbamates (subject to hydrolysis) is 3. The molecular formula is C55H72ClF4IN4O15. The summed E-state index contributed by atoms with van der Waals surface area (Å²) in [6.07, 6.45) is 1.64. The molecule has 3 amide bonds. The van der Waals surface area contributed by atoms with Crippen molar-refractivity contribution in [3.63, 3.8) is 0 Å². The summed E-state index contributed by atoms with van der Waals surface area (Å²) in [4.78, 5) is 92.4. The summed E-state index contributed by atoms with van der Waals surface area (Å²) in [6, 6.07) is 23.1. The number of benzene rings is 3. The fourth-order valence-corrected chi connectivity index (χ4v) is 7.74. The van der Waals surface area contributed by atoms with Gasteiger partial charge in [0.05, 0.1) is 28.4 Å². The van der Waals surface area contributed by atoms with Gasteiger partial charge in [0.25, 0.3) is 11.8 Å². The first-order chi connectivity index (χ1) is 37.6. The maximum absolute atomic E-state index is 14.0. The number of methoxy groups -OCH3 is 4. The van der Waals surface area contributed by atoms with E-state index in [4.69, 9.17) is 19.9 Å². The number of carbonyl (C=O) groups excluding carboxylic acids is 8. The number of amides is 3. The largest absolute Gasteiger partial charge is 0.468 e. The third-order valence-electron chi connectivity index (χ3n) is 11.9. The summed E-state index contributed by atoms with van der Waals surface area (Å²) in [6.45, 7) is 0.247. The topological polar surface area (TPSA) is 263 Å². The first-order valence-corrected chi connectivity index (χ1v) is 26.9. The van der Waals surface area contributed by atoms with Crippen LogP contribution in [-0.2, 0) is 77.0 Å². The van der Waals surface area contributed by atoms with Crippen molar-refractivity contribution in [3.8, 4) is 0 Å². The molecule has 25 heteroatoms. The molecule has 0 aromatic heterocycles. The molecule has 3 fully saturated rings. The van der Waals surface area contributed by atoms with Gasteiger partial charge in [0.1, 0.15) is 49.8 Å². The molecule has 0 heterocycles. The van der Waals surface area contributed by atoms with Gasteiger partial charge in [-0.15, -0.1) is 12.4 Å². The Kier molecular flexibility index (Phi) is 32.2. The van der Waals surface area contributed by atoms with Gasteiger partial charge < -0.3 is 54.8 Å². The highest BCUT2D eigenvalue weighted by Crippen LogP contribution is 2.42. The smallest absolute Gasteiger partial charge is 0.408 e. The van der Waals surface area contributed by atoms with Crippen molar-refractivity contribution in [1.82, 2.24) is 16.0 Å². The standard InChI is InChI=1S/C17H21F2NO4.C17H21NO5.C12H14INO4.C9H15F2NO2.ClH/c1-23-15(21)14(10-17(18,19)9-12-7-8-12)20-16(22)24-11-13-5-3-2-4-6-13;1-22-16(20)15(10-14(19)9-12-7-8-12)18-17(21)23-11-13-5-3-2-4-6-13;1-17-11(15)10(7-13)14-12(16)18-8-9-5-3-2-4-6-9;1-14-8(13)7(12)5-9(10,11)4-6-2-3-6;/h2-6,12,14H,7-11H2,1H3,(H,20,22);2-6,12,15H,7-11H2,1H3,(H,18,21);2-6,10H,7-8H2,1H3,(H,14,16);6-7H,2-5,12H2,1H3;1H/t14-;15-;10-;7-;/m0000./s1. The molecule has 3 aliphatic rings. The summed E-state index contributed by atoms with van der Waals surface area (Å²) >= 11 is 1.99. The van der Waals surface area contributed by atoms with Gasteiger partial charge in [-0.2, -0.15) is 0 Å². The Balaban J connectivity index is 0.000000370. The van der Waals surface area contributed by atoms with E-state index in [2.05, 4.69) is 34.9 Å². The van der Waals surface area contributed by atoms with E-state index in [1.165, 1.54) is 14.2 Å². The van der Waals surface area contributed by atoms with Crippen molar-refractivity contribution >= 4 is 82.9 Å². The predicted octanol–water partition coefficient (Wildman–Crippen LogP) is 9.12. The number of ketones is 1. The summed E-state index contributed by atoms with van der Waals surface area (Å²) in [5.74, 6) is -8.19. The summed E-state index contributed by atoms with van der Waals surface area (Å²) in [7, 11) is 4.73. The Morgan fingerprint density at radius 3 is 1.19 bits per heavy atom. The number of halogens is 6. The number of carbonyl (C=O) groups is 8. The van der Waals surface area contributed by atoms with E-state index in [0.29, 0.717) is 16.8 Å². The van der Waals surface area contributed by atoms with Crippen LogP contribution in [0.25, 0.3) is 0 Å². The van der Waals surface area contributed by atoms with Gasteiger partial charge in [-0.1, -0.05) is 114 Å². The summed E-state index contributed by atoms with van der Waals surface area (Å²) in [5, 5.41) is 7.02. The second-order valence-electron chi connectivity index (χ2n) is 18.9. The lowest BCUT2D eigenvalue weighted by molar-refractivity contribution is -0.146. The Hall–Kier alpha value is -6.28. The quantitative estimate of drug-likeness (QED) is 0.0192. The number of ether oxygens (including phenoxy) is 7. The number of alkyl halides is 5. The summed E-state index contributed by atoms with van der Waals surface area (Å²) < 4.78 is 87.7. The fourth-order valence-electron chi connectivity index (χ4n) is 7.16. The van der Waals surface area contributed by atoms with Gasteiger partial charge in [-0.3, -0.25) is 9.59 Å². The molecule has 0 spiro atoms. The van der Waals surface area contributed by atoms with E-state index in [1.54, 1.807) is 24.3 Å². The maximum Gasteiger partial charge on any atom is 0.408 e. The molecule has 0 radical (unpaired) electrons. The molecule has 444 valence electrons. The lowest BCUT2D eigenvalue weighted by Gasteiger charge is -2.22. The van der Waals surface area contributed by atoms with Crippen LogP contribution >= 0.6 is 35.0 Å². The molecule has 0 aliphatic heterocycles. The van der Waals surface area contributed by atoms with Crippen molar-refractivity contribution in [2.24, 2.45) is 23.5 Å². The Morgan fingerprint density at radius 2 is 0.838 bits per heavy atom. The number of hydrogen-bond acceptors (Lipinski definition) is 16. The highest BCUT2D eigenvalue weighted by atomic mass is 127. The van der Waals surface area contributed by atoms with E-state index < -0.39 is 91.0 Å². The van der Waals surface area contributed by atoms with E-state index in [1.807, 2.05) is 89.3 Å². The number of hydrogen-bond donors (Lipinski definition) is 4. The third kappa shape index (κ3) is 30.9. The zero-order chi connectivity index (χ0) is 58.4. The van der Waals surface area contributed by atoms with Gasteiger partial charge in [-0.05, 0) is 73.0 Å². The van der Waals surface area contributed by atoms with Crippen molar-refractivity contribution in [1.29, 1.82) is 0 Å². The minimum Gasteiger partial charge on any atom is -0.468 e. The van der Waals surface area contributed by atoms with E-state index in [-0.39, 0.29) is 69.1 Å². The average Bonchev–Trinajstić information content (AvgIpc) is 4.31. The molecule has 19 nitrogen and oxygen atoms in total. The number of nitrogens with two attached hydrogens (primary N) is 1. The first-order valence-electron chi connectivity index (χ1n) is 25.4.